The second-order valence-electron chi connectivity index (χ2n) is 3.24. The van der Waals surface area contributed by atoms with Crippen LogP contribution in [0.3, 0.4) is 0 Å². The van der Waals surface area contributed by atoms with Crippen molar-refractivity contribution in [2.24, 2.45) is 4.99 Å². The Kier molecular flexibility index (Phi) is 3.55. The molecule has 0 spiro atoms. The lowest BCUT2D eigenvalue weighted by molar-refractivity contribution is 1.13. The van der Waals surface area contributed by atoms with E-state index in [0.717, 1.165) is 22.7 Å². The van der Waals surface area contributed by atoms with E-state index in [1.165, 1.54) is 5.56 Å². The summed E-state index contributed by atoms with van der Waals surface area (Å²) >= 11 is 4.35. The summed E-state index contributed by atoms with van der Waals surface area (Å²) < 4.78 is 0. The molecular weight excluding hydrogens is 178 g/mol. The highest BCUT2D eigenvalue weighted by Gasteiger charge is 1.98. The second kappa shape index (κ2) is 4.47. The van der Waals surface area contributed by atoms with Crippen molar-refractivity contribution in [1.29, 1.82) is 0 Å². The van der Waals surface area contributed by atoms with E-state index in [1.54, 1.807) is 0 Å². The third kappa shape index (κ3) is 2.88. The van der Waals surface area contributed by atoms with Crippen LogP contribution in [0.4, 0.5) is 5.69 Å². The molecule has 0 aliphatic rings. The number of hydrogen-bond acceptors (Lipinski definition) is 2. The fraction of sp³-hybridized carbons (Fsp3) is 0.364. The number of thiol groups is 1. The highest BCUT2D eigenvalue weighted by Crippen LogP contribution is 2.24. The number of rotatable bonds is 2. The summed E-state index contributed by atoms with van der Waals surface area (Å²) in [6, 6.07) is 6.19. The molecule has 0 saturated carbocycles. The molecule has 0 bridgehead atoms. The average Bonchev–Trinajstić information content (AvgIpc) is 2.08. The summed E-state index contributed by atoms with van der Waals surface area (Å²) in [5, 5.41) is 0. The first-order valence-electron chi connectivity index (χ1n) is 4.47. The maximum absolute atomic E-state index is 4.41. The third-order valence-corrected chi connectivity index (χ3v) is 2.17. The summed E-state index contributed by atoms with van der Waals surface area (Å²) in [4.78, 5) is 5.35. The molecule has 0 atom stereocenters. The minimum absolute atomic E-state index is 0.943. The normalized spacial score (nSPS) is 9.85. The molecule has 0 radical (unpaired) electrons. The lowest BCUT2D eigenvalue weighted by Crippen LogP contribution is -1.83. The predicted molar refractivity (Wildman–Crippen MR) is 61.5 cm³/mol. The van der Waals surface area contributed by atoms with Crippen LogP contribution in [0.25, 0.3) is 0 Å². The van der Waals surface area contributed by atoms with Gasteiger partial charge >= 0.3 is 0 Å². The molecule has 1 aromatic carbocycles. The van der Waals surface area contributed by atoms with Gasteiger partial charge < -0.3 is 0 Å². The van der Waals surface area contributed by atoms with Crippen molar-refractivity contribution in [3.63, 3.8) is 0 Å². The van der Waals surface area contributed by atoms with Crippen molar-refractivity contribution in [3.8, 4) is 0 Å². The fourth-order valence-electron chi connectivity index (χ4n) is 1.12. The van der Waals surface area contributed by atoms with E-state index in [2.05, 4.69) is 36.7 Å². The standard InChI is InChI=1S/C11H15NS/c1-4-9-5-6-11(13)10(7-9)12-8(2)3/h5-7,13H,4H2,1-3H3. The first kappa shape index (κ1) is 10.3. The SMILES string of the molecule is CCc1ccc(S)c(N=C(C)C)c1. The minimum atomic E-state index is 0.943. The Balaban J connectivity index is 3.11. The molecule has 13 heavy (non-hydrogen) atoms. The first-order chi connectivity index (χ1) is 6.13. The van der Waals surface area contributed by atoms with E-state index in [9.17, 15) is 0 Å². The van der Waals surface area contributed by atoms with Crippen LogP contribution >= 0.6 is 12.6 Å². The summed E-state index contributed by atoms with van der Waals surface area (Å²) in [5.74, 6) is 0. The van der Waals surface area contributed by atoms with E-state index < -0.39 is 0 Å². The molecule has 70 valence electrons. The molecule has 1 nitrogen and oxygen atoms in total. The van der Waals surface area contributed by atoms with Gasteiger partial charge in [0.25, 0.3) is 0 Å². The van der Waals surface area contributed by atoms with E-state index >= 15 is 0 Å². The zero-order chi connectivity index (χ0) is 9.84. The maximum atomic E-state index is 4.41. The second-order valence-corrected chi connectivity index (χ2v) is 3.72. The van der Waals surface area contributed by atoms with Gasteiger partial charge in [0.05, 0.1) is 5.69 Å². The van der Waals surface area contributed by atoms with Gasteiger partial charge in [-0.2, -0.15) is 0 Å². The summed E-state index contributed by atoms with van der Waals surface area (Å²) in [5.41, 5.74) is 3.34. The van der Waals surface area contributed by atoms with Gasteiger partial charge in [0.15, 0.2) is 0 Å². The predicted octanol–water partition coefficient (Wildman–Crippen LogP) is 3.65. The van der Waals surface area contributed by atoms with Crippen LogP contribution in [0.2, 0.25) is 0 Å². The Bertz CT molecular complexity index is 325. The van der Waals surface area contributed by atoms with Crippen molar-refractivity contribution in [3.05, 3.63) is 23.8 Å². The van der Waals surface area contributed by atoms with Gasteiger partial charge in [-0.15, -0.1) is 12.6 Å². The maximum Gasteiger partial charge on any atom is 0.0764 e. The minimum Gasteiger partial charge on any atom is -0.257 e. The van der Waals surface area contributed by atoms with Crippen molar-refractivity contribution in [2.45, 2.75) is 32.1 Å². The Morgan fingerprint density at radius 3 is 2.62 bits per heavy atom. The van der Waals surface area contributed by atoms with Crippen molar-refractivity contribution in [2.75, 3.05) is 0 Å². The Hall–Kier alpha value is -0.760. The Morgan fingerprint density at radius 2 is 2.08 bits per heavy atom. The van der Waals surface area contributed by atoms with Crippen LogP contribution in [0, 0.1) is 0 Å². The Labute approximate surface area is 85.3 Å². The molecule has 1 aromatic rings. The van der Waals surface area contributed by atoms with Gasteiger partial charge in [0, 0.05) is 10.6 Å². The van der Waals surface area contributed by atoms with Crippen LogP contribution in [-0.4, -0.2) is 5.71 Å². The van der Waals surface area contributed by atoms with Gasteiger partial charge in [-0.25, -0.2) is 0 Å². The monoisotopic (exact) mass is 193 g/mol. The van der Waals surface area contributed by atoms with E-state index in [0.29, 0.717) is 0 Å². The molecule has 0 aliphatic heterocycles. The highest BCUT2D eigenvalue weighted by molar-refractivity contribution is 7.80. The van der Waals surface area contributed by atoms with Gasteiger partial charge in [-0.1, -0.05) is 13.0 Å². The van der Waals surface area contributed by atoms with Gasteiger partial charge in [0.1, 0.15) is 0 Å². The molecule has 1 rings (SSSR count). The molecule has 0 aromatic heterocycles. The van der Waals surface area contributed by atoms with Gasteiger partial charge in [-0.05, 0) is 38.0 Å². The van der Waals surface area contributed by atoms with E-state index in [-0.39, 0.29) is 0 Å². The van der Waals surface area contributed by atoms with Crippen molar-refractivity contribution < 1.29 is 0 Å². The number of benzene rings is 1. The Morgan fingerprint density at radius 1 is 1.38 bits per heavy atom. The fourth-order valence-corrected chi connectivity index (χ4v) is 1.31. The first-order valence-corrected chi connectivity index (χ1v) is 4.92. The zero-order valence-corrected chi connectivity index (χ0v) is 9.23. The summed E-state index contributed by atoms with van der Waals surface area (Å²) in [6.07, 6.45) is 1.04. The van der Waals surface area contributed by atoms with Gasteiger partial charge in [-0.3, -0.25) is 4.99 Å². The quantitative estimate of drug-likeness (QED) is 0.544. The van der Waals surface area contributed by atoms with Crippen LogP contribution in [0.1, 0.15) is 26.3 Å². The van der Waals surface area contributed by atoms with E-state index in [4.69, 9.17) is 0 Å². The largest absolute Gasteiger partial charge is 0.257 e. The van der Waals surface area contributed by atoms with Crippen LogP contribution in [0.15, 0.2) is 28.1 Å². The molecule has 0 amide bonds. The number of nitrogens with zero attached hydrogens (tertiary/aromatic N) is 1. The smallest absolute Gasteiger partial charge is 0.0764 e. The van der Waals surface area contributed by atoms with E-state index in [1.807, 2.05) is 19.9 Å². The molecule has 0 saturated heterocycles. The molecule has 0 unspecified atom stereocenters. The molecule has 0 N–H and O–H groups in total. The van der Waals surface area contributed by atoms with Crippen LogP contribution in [0.5, 0.6) is 0 Å². The topological polar surface area (TPSA) is 12.4 Å². The van der Waals surface area contributed by atoms with Crippen LogP contribution in [-0.2, 0) is 6.42 Å². The number of aryl methyl sites for hydroxylation is 1. The summed E-state index contributed by atoms with van der Waals surface area (Å²) in [6.45, 7) is 6.12. The highest BCUT2D eigenvalue weighted by atomic mass is 32.1. The van der Waals surface area contributed by atoms with Crippen molar-refractivity contribution in [1.82, 2.24) is 0 Å². The van der Waals surface area contributed by atoms with Gasteiger partial charge in [0.2, 0.25) is 0 Å². The molecule has 0 aliphatic carbocycles. The summed E-state index contributed by atoms with van der Waals surface area (Å²) in [7, 11) is 0. The number of hydrogen-bond donors (Lipinski definition) is 1. The zero-order valence-electron chi connectivity index (χ0n) is 8.33. The molecular formula is C11H15NS. The lowest BCUT2D eigenvalue weighted by Gasteiger charge is -2.02. The van der Waals surface area contributed by atoms with Crippen molar-refractivity contribution >= 4 is 24.0 Å². The number of aliphatic imine (C=N–C) groups is 1. The molecule has 0 fully saturated rings. The lowest BCUT2D eigenvalue weighted by atomic mass is 10.1. The third-order valence-electron chi connectivity index (χ3n) is 1.79. The molecule has 2 heteroatoms. The molecule has 0 heterocycles. The average molecular weight is 193 g/mol. The van der Waals surface area contributed by atoms with Crippen LogP contribution < -0.4 is 0 Å².